The summed E-state index contributed by atoms with van der Waals surface area (Å²) in [7, 11) is 1.45. The van der Waals surface area contributed by atoms with Crippen LogP contribution < -0.4 is 5.32 Å². The Kier molecular flexibility index (Phi) is 7.08. The minimum absolute atomic E-state index is 0.0123. The first-order valence-corrected chi connectivity index (χ1v) is 12.0. The lowest BCUT2D eigenvalue weighted by Gasteiger charge is -2.31. The Labute approximate surface area is 200 Å². The van der Waals surface area contributed by atoms with Crippen molar-refractivity contribution in [2.45, 2.75) is 52.1 Å². The van der Waals surface area contributed by atoms with Crippen LogP contribution in [-0.2, 0) is 16.1 Å². The van der Waals surface area contributed by atoms with Crippen molar-refractivity contribution in [1.29, 1.82) is 0 Å². The average molecular weight is 467 g/mol. The lowest BCUT2D eigenvalue weighted by atomic mass is 9.79. The van der Waals surface area contributed by atoms with Gasteiger partial charge in [-0.2, -0.15) is 0 Å². The van der Waals surface area contributed by atoms with Crippen molar-refractivity contribution >= 4 is 34.4 Å². The number of fused-ring (bicyclic) bond motifs is 1. The molecule has 0 saturated heterocycles. The predicted molar refractivity (Wildman–Crippen MR) is 132 cm³/mol. The number of carbonyl (C=O) groups excluding carboxylic acids is 2. The van der Waals surface area contributed by atoms with E-state index in [2.05, 4.69) is 28.9 Å². The molecule has 1 fully saturated rings. The van der Waals surface area contributed by atoms with Crippen LogP contribution in [0, 0.1) is 18.8 Å². The molecule has 1 atom stereocenters. The summed E-state index contributed by atoms with van der Waals surface area (Å²) in [5, 5.41) is 5.01. The molecule has 6 heteroatoms. The molecule has 0 radical (unpaired) electrons. The SMILES string of the molecule is COC(=O)C1CCC(C(C)NC(=O)c2cc(C)cc3ccn(Cc4ccc(Cl)cc4)c23)CC1. The van der Waals surface area contributed by atoms with Crippen molar-refractivity contribution in [3.05, 3.63) is 70.4 Å². The molecule has 174 valence electrons. The number of aryl methyl sites for hydroxylation is 1. The van der Waals surface area contributed by atoms with Gasteiger partial charge < -0.3 is 14.6 Å². The Balaban J connectivity index is 1.52. The highest BCUT2D eigenvalue weighted by atomic mass is 35.5. The zero-order chi connectivity index (χ0) is 23.5. The van der Waals surface area contributed by atoms with Crippen molar-refractivity contribution in [1.82, 2.24) is 9.88 Å². The second kappa shape index (κ2) is 10.0. The Bertz CT molecular complexity index is 1140. The Morgan fingerprint density at radius 3 is 2.48 bits per heavy atom. The lowest BCUT2D eigenvalue weighted by Crippen LogP contribution is -2.40. The number of nitrogens with one attached hydrogen (secondary N) is 1. The molecule has 33 heavy (non-hydrogen) atoms. The van der Waals surface area contributed by atoms with E-state index in [4.69, 9.17) is 16.3 Å². The molecule has 5 nitrogen and oxygen atoms in total. The zero-order valence-corrected chi connectivity index (χ0v) is 20.2. The average Bonchev–Trinajstić information content (AvgIpc) is 3.21. The molecule has 0 aliphatic heterocycles. The van der Waals surface area contributed by atoms with E-state index in [1.165, 1.54) is 7.11 Å². The number of carbonyl (C=O) groups is 2. The van der Waals surface area contributed by atoms with Crippen LogP contribution in [0.3, 0.4) is 0 Å². The van der Waals surface area contributed by atoms with Crippen LogP contribution in [0.25, 0.3) is 10.9 Å². The summed E-state index contributed by atoms with van der Waals surface area (Å²) in [5.41, 5.74) is 3.82. The third-order valence-electron chi connectivity index (χ3n) is 6.89. The van der Waals surface area contributed by atoms with E-state index >= 15 is 0 Å². The maximum atomic E-state index is 13.4. The van der Waals surface area contributed by atoms with Gasteiger partial charge in [-0.1, -0.05) is 23.7 Å². The quantitative estimate of drug-likeness (QED) is 0.470. The van der Waals surface area contributed by atoms with Gasteiger partial charge in [-0.3, -0.25) is 9.59 Å². The number of ether oxygens (including phenoxy) is 1. The fraction of sp³-hybridized carbons (Fsp3) is 0.407. The molecule has 4 rings (SSSR count). The van der Waals surface area contributed by atoms with Crippen LogP contribution >= 0.6 is 11.6 Å². The summed E-state index contributed by atoms with van der Waals surface area (Å²) < 4.78 is 7.02. The van der Waals surface area contributed by atoms with Gasteiger partial charge in [0.2, 0.25) is 0 Å². The summed E-state index contributed by atoms with van der Waals surface area (Å²) in [5.74, 6) is 0.175. The number of rotatable bonds is 6. The van der Waals surface area contributed by atoms with E-state index in [0.717, 1.165) is 47.7 Å². The molecule has 1 saturated carbocycles. The summed E-state index contributed by atoms with van der Waals surface area (Å²) >= 11 is 6.03. The molecule has 1 unspecified atom stereocenters. The van der Waals surface area contributed by atoms with E-state index < -0.39 is 0 Å². The van der Waals surface area contributed by atoms with Gasteiger partial charge in [-0.25, -0.2) is 0 Å². The van der Waals surface area contributed by atoms with Crippen LogP contribution in [0.1, 0.15) is 54.1 Å². The van der Waals surface area contributed by atoms with Gasteiger partial charge in [0, 0.05) is 29.2 Å². The van der Waals surface area contributed by atoms with Crippen LogP contribution in [-0.4, -0.2) is 29.6 Å². The second-order valence-electron chi connectivity index (χ2n) is 9.22. The van der Waals surface area contributed by atoms with E-state index in [1.807, 2.05) is 43.5 Å². The van der Waals surface area contributed by atoms with Crippen molar-refractivity contribution in [2.75, 3.05) is 7.11 Å². The number of amides is 1. The van der Waals surface area contributed by atoms with E-state index in [9.17, 15) is 9.59 Å². The van der Waals surface area contributed by atoms with Gasteiger partial charge in [-0.05, 0) is 86.9 Å². The number of halogens is 1. The first kappa shape index (κ1) is 23.4. The van der Waals surface area contributed by atoms with Gasteiger partial charge in [0.1, 0.15) is 0 Å². The third-order valence-corrected chi connectivity index (χ3v) is 7.14. The fourth-order valence-corrected chi connectivity index (χ4v) is 5.14. The molecule has 1 N–H and O–H groups in total. The van der Waals surface area contributed by atoms with E-state index in [-0.39, 0.29) is 23.8 Å². The fourth-order valence-electron chi connectivity index (χ4n) is 5.01. The first-order chi connectivity index (χ1) is 15.9. The number of hydrogen-bond acceptors (Lipinski definition) is 3. The second-order valence-corrected chi connectivity index (χ2v) is 9.65. The minimum atomic E-state index is -0.117. The predicted octanol–water partition coefficient (Wildman–Crippen LogP) is 5.75. The Morgan fingerprint density at radius 2 is 1.82 bits per heavy atom. The highest BCUT2D eigenvalue weighted by Crippen LogP contribution is 2.32. The smallest absolute Gasteiger partial charge is 0.308 e. The zero-order valence-electron chi connectivity index (χ0n) is 19.4. The van der Waals surface area contributed by atoms with Gasteiger partial charge in [0.25, 0.3) is 5.91 Å². The van der Waals surface area contributed by atoms with Gasteiger partial charge in [0.05, 0.1) is 24.1 Å². The molecule has 1 aliphatic rings. The number of esters is 1. The molecule has 1 aliphatic carbocycles. The van der Waals surface area contributed by atoms with Crippen molar-refractivity contribution in [2.24, 2.45) is 11.8 Å². The van der Waals surface area contributed by atoms with Crippen molar-refractivity contribution < 1.29 is 14.3 Å². The van der Waals surface area contributed by atoms with Crippen molar-refractivity contribution in [3.8, 4) is 0 Å². The van der Waals surface area contributed by atoms with Crippen LogP contribution in [0.2, 0.25) is 5.02 Å². The van der Waals surface area contributed by atoms with Crippen LogP contribution in [0.5, 0.6) is 0 Å². The van der Waals surface area contributed by atoms with Crippen LogP contribution in [0.15, 0.2) is 48.7 Å². The van der Waals surface area contributed by atoms with Crippen molar-refractivity contribution in [3.63, 3.8) is 0 Å². The lowest BCUT2D eigenvalue weighted by molar-refractivity contribution is -0.146. The Hall–Kier alpha value is -2.79. The normalized spacial score (nSPS) is 19.3. The van der Waals surface area contributed by atoms with Gasteiger partial charge in [-0.15, -0.1) is 0 Å². The number of nitrogens with zero attached hydrogens (tertiary/aromatic N) is 1. The van der Waals surface area contributed by atoms with E-state index in [1.54, 1.807) is 0 Å². The summed E-state index contributed by atoms with van der Waals surface area (Å²) in [6.45, 7) is 4.75. The highest BCUT2D eigenvalue weighted by Gasteiger charge is 2.30. The molecule has 1 heterocycles. The molecular weight excluding hydrogens is 436 g/mol. The molecule has 1 aromatic heterocycles. The molecule has 3 aromatic rings. The standard InChI is InChI=1S/C27H31ClN2O3/c1-17-14-22-12-13-30(16-19-4-10-23(28)11-5-19)25(22)24(15-17)26(31)29-18(2)20-6-8-21(9-7-20)27(32)33-3/h4-5,10-15,18,20-21H,6-9,16H2,1-3H3,(H,29,31). The molecule has 1 amide bonds. The molecule has 0 spiro atoms. The van der Waals surface area contributed by atoms with E-state index in [0.29, 0.717) is 23.0 Å². The number of aromatic nitrogens is 1. The summed E-state index contributed by atoms with van der Waals surface area (Å²) in [4.78, 5) is 25.2. The molecular formula is C27H31ClN2O3. The highest BCUT2D eigenvalue weighted by molar-refractivity contribution is 6.30. The Morgan fingerprint density at radius 1 is 1.12 bits per heavy atom. The van der Waals surface area contributed by atoms with Gasteiger partial charge in [0.15, 0.2) is 0 Å². The maximum Gasteiger partial charge on any atom is 0.308 e. The topological polar surface area (TPSA) is 60.3 Å². The third kappa shape index (κ3) is 5.25. The number of hydrogen-bond donors (Lipinski definition) is 1. The maximum absolute atomic E-state index is 13.4. The number of methoxy groups -OCH3 is 1. The molecule has 2 aromatic carbocycles. The monoisotopic (exact) mass is 466 g/mol. The summed E-state index contributed by atoms with van der Waals surface area (Å²) in [6.07, 6.45) is 5.49. The minimum Gasteiger partial charge on any atom is -0.469 e. The first-order valence-electron chi connectivity index (χ1n) is 11.6. The largest absolute Gasteiger partial charge is 0.469 e. The number of benzene rings is 2. The van der Waals surface area contributed by atoms with Gasteiger partial charge >= 0.3 is 5.97 Å². The van der Waals surface area contributed by atoms with Crippen LogP contribution in [0.4, 0.5) is 0 Å². The summed E-state index contributed by atoms with van der Waals surface area (Å²) in [6, 6.07) is 14.0. The molecule has 0 bridgehead atoms.